The molecule has 4 aromatic rings. The summed E-state index contributed by atoms with van der Waals surface area (Å²) in [6, 6.07) is 6.11. The van der Waals surface area contributed by atoms with Crippen LogP contribution in [0.5, 0.6) is 11.6 Å². The molecule has 4 rings (SSSR count). The fourth-order valence-corrected chi connectivity index (χ4v) is 3.73. The quantitative estimate of drug-likeness (QED) is 0.380. The summed E-state index contributed by atoms with van der Waals surface area (Å²) in [5, 5.41) is 10.1. The largest absolute Gasteiger partial charge is 0.485 e. The van der Waals surface area contributed by atoms with Gasteiger partial charge in [-0.15, -0.1) is 0 Å². The number of pyridine rings is 3. The van der Waals surface area contributed by atoms with Crippen molar-refractivity contribution in [1.82, 2.24) is 24.5 Å². The highest BCUT2D eigenvalue weighted by atomic mass is 35.5. The number of nitrogens with zero attached hydrogens (tertiary/aromatic N) is 5. The normalized spacial score (nSPS) is 11.5. The van der Waals surface area contributed by atoms with Gasteiger partial charge in [0.05, 0.1) is 24.2 Å². The number of hydrogen-bond donors (Lipinski definition) is 1. The third-order valence-corrected chi connectivity index (χ3v) is 5.84. The molecule has 0 amide bonds. The van der Waals surface area contributed by atoms with Gasteiger partial charge in [0.1, 0.15) is 34.5 Å². The van der Waals surface area contributed by atoms with E-state index in [2.05, 4.69) is 19.9 Å². The molecule has 9 nitrogen and oxygen atoms in total. The molecule has 4 heterocycles. The average molecular weight is 526 g/mol. The molecule has 1 N–H and O–H groups in total. The minimum atomic E-state index is -1.25. The number of halogens is 2. The molecular formula is C26H25ClFN5O4. The van der Waals surface area contributed by atoms with Crippen LogP contribution in [-0.4, -0.2) is 36.7 Å². The molecule has 0 aliphatic carbocycles. The van der Waals surface area contributed by atoms with Gasteiger partial charge in [-0.1, -0.05) is 11.6 Å². The Kier molecular flexibility index (Phi) is 7.24. The van der Waals surface area contributed by atoms with E-state index in [1.54, 1.807) is 46.0 Å². The van der Waals surface area contributed by atoms with Crippen molar-refractivity contribution >= 4 is 11.6 Å². The standard InChI is InChI=1S/C26H25ClFN5O4/c1-14-8-16(28)19(30-11-14)13-37-21-10-22(36-5)33(24(34)23(21)27)20-9-18(31-12-15(20)2)17-6-7-29-25(32-17)26(3,4)35/h6-12,35H,13H2,1-5H3. The first-order valence-corrected chi connectivity index (χ1v) is 11.6. The SMILES string of the molecule is COc1cc(OCc2ncc(C)cc2F)c(Cl)c(=O)n1-c1cc(-c2ccnc(C(C)(C)O)n2)ncc1C. The van der Waals surface area contributed by atoms with Crippen LogP contribution in [0.15, 0.2) is 47.7 Å². The average Bonchev–Trinajstić information content (AvgIpc) is 2.86. The number of hydrogen-bond acceptors (Lipinski definition) is 8. The zero-order chi connectivity index (χ0) is 26.9. The molecule has 0 unspecified atom stereocenters. The van der Waals surface area contributed by atoms with Crippen molar-refractivity contribution < 1.29 is 19.0 Å². The van der Waals surface area contributed by atoms with Gasteiger partial charge in [0, 0.05) is 24.7 Å². The monoisotopic (exact) mass is 525 g/mol. The Hall–Kier alpha value is -3.89. The first-order valence-electron chi connectivity index (χ1n) is 11.3. The molecular weight excluding hydrogens is 501 g/mol. The second-order valence-corrected chi connectivity index (χ2v) is 9.29. The van der Waals surface area contributed by atoms with E-state index in [4.69, 9.17) is 21.1 Å². The summed E-state index contributed by atoms with van der Waals surface area (Å²) in [4.78, 5) is 30.4. The van der Waals surface area contributed by atoms with Crippen LogP contribution in [-0.2, 0) is 12.2 Å². The summed E-state index contributed by atoms with van der Waals surface area (Å²) in [5.41, 5.74) is 0.923. The number of rotatable bonds is 7. The maximum absolute atomic E-state index is 14.2. The lowest BCUT2D eigenvalue weighted by Crippen LogP contribution is -2.22. The molecule has 192 valence electrons. The van der Waals surface area contributed by atoms with Crippen molar-refractivity contribution in [2.45, 2.75) is 39.9 Å². The summed E-state index contributed by atoms with van der Waals surface area (Å²) in [5.74, 6) is -0.123. The lowest BCUT2D eigenvalue weighted by Gasteiger charge is -2.18. The van der Waals surface area contributed by atoms with Gasteiger partial charge in [-0.3, -0.25) is 14.8 Å². The predicted molar refractivity (Wildman–Crippen MR) is 136 cm³/mol. The van der Waals surface area contributed by atoms with Gasteiger partial charge in [-0.2, -0.15) is 0 Å². The molecule has 4 aromatic heterocycles. The van der Waals surface area contributed by atoms with Crippen LogP contribution >= 0.6 is 11.6 Å². The summed E-state index contributed by atoms with van der Waals surface area (Å²) in [6.45, 7) is 6.45. The van der Waals surface area contributed by atoms with Crippen LogP contribution in [0.25, 0.3) is 17.1 Å². The van der Waals surface area contributed by atoms with Gasteiger partial charge in [0.15, 0.2) is 5.82 Å². The molecule has 0 spiro atoms. The third kappa shape index (κ3) is 5.45. The first kappa shape index (κ1) is 26.2. The van der Waals surface area contributed by atoms with Crippen molar-refractivity contribution in [3.8, 4) is 28.7 Å². The van der Waals surface area contributed by atoms with E-state index in [1.165, 1.54) is 36.2 Å². The van der Waals surface area contributed by atoms with Crippen LogP contribution < -0.4 is 15.0 Å². The maximum Gasteiger partial charge on any atom is 0.280 e. The lowest BCUT2D eigenvalue weighted by molar-refractivity contribution is 0.0688. The smallest absolute Gasteiger partial charge is 0.280 e. The van der Waals surface area contributed by atoms with Gasteiger partial charge in [0.2, 0.25) is 5.88 Å². The third-order valence-electron chi connectivity index (χ3n) is 5.49. The summed E-state index contributed by atoms with van der Waals surface area (Å²) < 4.78 is 26.6. The second kappa shape index (κ2) is 10.2. The maximum atomic E-state index is 14.2. The Morgan fingerprint density at radius 1 is 1.11 bits per heavy atom. The topological polar surface area (TPSA) is 112 Å². The predicted octanol–water partition coefficient (Wildman–Crippen LogP) is 4.31. The molecule has 0 atom stereocenters. The van der Waals surface area contributed by atoms with E-state index < -0.39 is 17.0 Å². The zero-order valence-corrected chi connectivity index (χ0v) is 21.7. The van der Waals surface area contributed by atoms with Gasteiger partial charge < -0.3 is 14.6 Å². The van der Waals surface area contributed by atoms with E-state index >= 15 is 0 Å². The molecule has 0 aromatic carbocycles. The zero-order valence-electron chi connectivity index (χ0n) is 20.9. The molecule has 0 radical (unpaired) electrons. The number of aliphatic hydroxyl groups is 1. The summed E-state index contributed by atoms with van der Waals surface area (Å²) >= 11 is 6.40. The van der Waals surface area contributed by atoms with Crippen LogP contribution in [0.2, 0.25) is 5.02 Å². The number of methoxy groups -OCH3 is 1. The highest BCUT2D eigenvalue weighted by molar-refractivity contribution is 6.31. The van der Waals surface area contributed by atoms with Crippen molar-refractivity contribution in [1.29, 1.82) is 0 Å². The molecule has 0 saturated carbocycles. The first-order chi connectivity index (χ1) is 17.5. The molecule has 0 bridgehead atoms. The molecule has 0 saturated heterocycles. The number of ether oxygens (including phenoxy) is 2. The Bertz CT molecular complexity index is 1530. The van der Waals surface area contributed by atoms with Gasteiger partial charge in [-0.25, -0.2) is 18.9 Å². The Balaban J connectivity index is 1.76. The van der Waals surface area contributed by atoms with Crippen molar-refractivity contribution in [2.75, 3.05) is 7.11 Å². The molecule has 37 heavy (non-hydrogen) atoms. The Morgan fingerprint density at radius 2 is 1.86 bits per heavy atom. The Labute approximate surface area is 217 Å². The number of aromatic nitrogens is 5. The van der Waals surface area contributed by atoms with E-state index in [0.29, 0.717) is 28.2 Å². The van der Waals surface area contributed by atoms with Gasteiger partial charge >= 0.3 is 0 Å². The van der Waals surface area contributed by atoms with E-state index in [9.17, 15) is 14.3 Å². The van der Waals surface area contributed by atoms with Crippen LogP contribution in [0.3, 0.4) is 0 Å². The highest BCUT2D eigenvalue weighted by Gasteiger charge is 2.22. The summed E-state index contributed by atoms with van der Waals surface area (Å²) in [7, 11) is 1.40. The van der Waals surface area contributed by atoms with Crippen LogP contribution in [0, 0.1) is 19.7 Å². The highest BCUT2D eigenvalue weighted by Crippen LogP contribution is 2.31. The lowest BCUT2D eigenvalue weighted by atomic mass is 10.1. The fraction of sp³-hybridized carbons (Fsp3) is 0.269. The van der Waals surface area contributed by atoms with Gasteiger partial charge in [0.25, 0.3) is 5.56 Å². The van der Waals surface area contributed by atoms with Crippen molar-refractivity contribution in [3.63, 3.8) is 0 Å². The van der Waals surface area contributed by atoms with Crippen molar-refractivity contribution in [2.24, 2.45) is 0 Å². The van der Waals surface area contributed by atoms with Crippen LogP contribution in [0.1, 0.15) is 36.5 Å². The molecule has 0 aliphatic heterocycles. The minimum Gasteiger partial charge on any atom is -0.485 e. The minimum absolute atomic E-state index is 0.0269. The van der Waals surface area contributed by atoms with E-state index in [-0.39, 0.29) is 34.8 Å². The van der Waals surface area contributed by atoms with E-state index in [0.717, 1.165) is 0 Å². The van der Waals surface area contributed by atoms with Crippen LogP contribution in [0.4, 0.5) is 4.39 Å². The number of aryl methyl sites for hydroxylation is 2. The fourth-order valence-electron chi connectivity index (χ4n) is 3.53. The molecule has 11 heteroatoms. The second-order valence-electron chi connectivity index (χ2n) is 8.92. The van der Waals surface area contributed by atoms with Crippen molar-refractivity contribution in [3.05, 3.63) is 86.7 Å². The molecule has 0 fully saturated rings. The summed E-state index contributed by atoms with van der Waals surface area (Å²) in [6.07, 6.45) is 4.64. The Morgan fingerprint density at radius 3 is 2.54 bits per heavy atom. The van der Waals surface area contributed by atoms with Gasteiger partial charge in [-0.05, 0) is 57.0 Å². The molecule has 0 aliphatic rings. The van der Waals surface area contributed by atoms with E-state index in [1.807, 2.05) is 0 Å².